The van der Waals surface area contributed by atoms with Crippen LogP contribution in [0.2, 0.25) is 0 Å². The van der Waals surface area contributed by atoms with Gasteiger partial charge in [0.25, 0.3) is 0 Å². The summed E-state index contributed by atoms with van der Waals surface area (Å²) in [5, 5.41) is 6.36. The normalized spacial score (nSPS) is 21.1. The fraction of sp³-hybridized carbons (Fsp3) is 0.611. The summed E-state index contributed by atoms with van der Waals surface area (Å²) >= 11 is 0. The topological polar surface area (TPSA) is 79.8 Å². The fourth-order valence-electron chi connectivity index (χ4n) is 2.87. The summed E-state index contributed by atoms with van der Waals surface area (Å²) in [6.07, 6.45) is -2.46. The van der Waals surface area contributed by atoms with E-state index in [1.807, 2.05) is 13.8 Å². The van der Waals surface area contributed by atoms with Crippen LogP contribution in [0.4, 0.5) is 13.2 Å². The summed E-state index contributed by atoms with van der Waals surface area (Å²) in [5.41, 5.74) is 0.498. The van der Waals surface area contributed by atoms with Crippen molar-refractivity contribution in [1.82, 2.24) is 10.6 Å². The van der Waals surface area contributed by atoms with E-state index in [1.54, 1.807) is 12.1 Å². The zero-order valence-electron chi connectivity index (χ0n) is 16.1. The predicted octanol–water partition coefficient (Wildman–Crippen LogP) is 2.82. The highest BCUT2D eigenvalue weighted by Gasteiger charge is 2.42. The van der Waals surface area contributed by atoms with Crippen LogP contribution in [0.25, 0.3) is 0 Å². The summed E-state index contributed by atoms with van der Waals surface area (Å²) in [6, 6.07) is 5.94. The molecule has 2 rings (SSSR count). The van der Waals surface area contributed by atoms with Crippen LogP contribution < -0.4 is 15.4 Å². The van der Waals surface area contributed by atoms with Gasteiger partial charge in [-0.15, -0.1) is 13.2 Å². The van der Waals surface area contributed by atoms with E-state index in [2.05, 4.69) is 20.4 Å². The van der Waals surface area contributed by atoms with Gasteiger partial charge < -0.3 is 15.4 Å². The number of para-hydroxylation sites is 1. The molecule has 3 unspecified atom stereocenters. The molecule has 3 atom stereocenters. The smallest absolute Gasteiger partial charge is 0.405 e. The van der Waals surface area contributed by atoms with E-state index < -0.39 is 16.2 Å². The van der Waals surface area contributed by atoms with Crippen LogP contribution in [0.15, 0.2) is 29.3 Å². The molecule has 0 heterocycles. The fourth-order valence-corrected chi connectivity index (χ4v) is 3.65. The molecule has 28 heavy (non-hydrogen) atoms. The second kappa shape index (κ2) is 9.02. The van der Waals surface area contributed by atoms with Gasteiger partial charge in [0.15, 0.2) is 5.96 Å². The van der Waals surface area contributed by atoms with Crippen molar-refractivity contribution >= 4 is 15.8 Å². The number of aliphatic imine (C=N–C) groups is 1. The van der Waals surface area contributed by atoms with Crippen LogP contribution in [0.1, 0.15) is 38.2 Å². The van der Waals surface area contributed by atoms with Gasteiger partial charge in [0, 0.05) is 30.8 Å². The molecule has 6 nitrogen and oxygen atoms in total. The average molecular weight is 421 g/mol. The lowest BCUT2D eigenvalue weighted by Gasteiger charge is -2.18. The van der Waals surface area contributed by atoms with Crippen molar-refractivity contribution in [3.63, 3.8) is 0 Å². The van der Waals surface area contributed by atoms with Gasteiger partial charge in [-0.1, -0.05) is 18.2 Å². The summed E-state index contributed by atoms with van der Waals surface area (Å²) in [6.45, 7) is 4.23. The highest BCUT2D eigenvalue weighted by molar-refractivity contribution is 7.90. The molecule has 0 aliphatic heterocycles. The molecule has 1 aliphatic rings. The maximum Gasteiger partial charge on any atom is 0.573 e. The van der Waals surface area contributed by atoms with Crippen molar-refractivity contribution in [1.29, 1.82) is 0 Å². The Balaban J connectivity index is 1.97. The molecule has 158 valence electrons. The monoisotopic (exact) mass is 421 g/mol. The molecule has 0 bridgehead atoms. The van der Waals surface area contributed by atoms with Crippen LogP contribution >= 0.6 is 0 Å². The Kier molecular flexibility index (Phi) is 7.19. The van der Waals surface area contributed by atoms with Gasteiger partial charge in [-0.2, -0.15) is 0 Å². The van der Waals surface area contributed by atoms with Crippen LogP contribution in [-0.2, 0) is 9.84 Å². The van der Waals surface area contributed by atoms with E-state index >= 15 is 0 Å². The first-order chi connectivity index (χ1) is 13.0. The summed E-state index contributed by atoms with van der Waals surface area (Å²) in [7, 11) is -3.05. The molecule has 1 fully saturated rings. The number of nitrogens with zero attached hydrogens (tertiary/aromatic N) is 1. The maximum atomic E-state index is 12.6. The van der Waals surface area contributed by atoms with Crippen LogP contribution in [0.3, 0.4) is 0 Å². The molecular weight excluding hydrogens is 395 g/mol. The zero-order valence-corrected chi connectivity index (χ0v) is 16.9. The Morgan fingerprint density at radius 3 is 2.64 bits per heavy atom. The van der Waals surface area contributed by atoms with Crippen molar-refractivity contribution in [2.45, 2.75) is 51.1 Å². The molecule has 0 aromatic heterocycles. The SMILES string of the molecule is CCN=C(NC(C)CCS(C)(=O)=O)NC1CC1c1ccccc1OC(F)(F)F. The molecule has 1 aromatic carbocycles. The van der Waals surface area contributed by atoms with Gasteiger partial charge >= 0.3 is 6.36 Å². The van der Waals surface area contributed by atoms with E-state index in [0.29, 0.717) is 30.9 Å². The Hall–Kier alpha value is -1.97. The van der Waals surface area contributed by atoms with E-state index in [0.717, 1.165) is 0 Å². The van der Waals surface area contributed by atoms with Gasteiger partial charge in [0.1, 0.15) is 15.6 Å². The van der Waals surface area contributed by atoms with E-state index in [1.165, 1.54) is 18.4 Å². The van der Waals surface area contributed by atoms with E-state index in [4.69, 9.17) is 0 Å². The summed E-state index contributed by atoms with van der Waals surface area (Å²) < 4.78 is 64.5. The zero-order chi connectivity index (χ0) is 20.9. The van der Waals surface area contributed by atoms with Crippen molar-refractivity contribution < 1.29 is 26.3 Å². The van der Waals surface area contributed by atoms with Gasteiger partial charge in [-0.25, -0.2) is 8.42 Å². The minimum Gasteiger partial charge on any atom is -0.405 e. The Bertz CT molecular complexity index is 797. The quantitative estimate of drug-likeness (QED) is 0.499. The highest BCUT2D eigenvalue weighted by Crippen LogP contribution is 2.45. The Morgan fingerprint density at radius 1 is 1.36 bits per heavy atom. The number of nitrogens with one attached hydrogen (secondary N) is 2. The maximum absolute atomic E-state index is 12.6. The van der Waals surface area contributed by atoms with Gasteiger partial charge in [-0.3, -0.25) is 4.99 Å². The molecule has 0 amide bonds. The minimum atomic E-state index is -4.74. The van der Waals surface area contributed by atoms with Gasteiger partial charge in [0.05, 0.1) is 5.75 Å². The number of sulfone groups is 1. The number of hydrogen-bond acceptors (Lipinski definition) is 4. The van der Waals surface area contributed by atoms with Crippen LogP contribution in [-0.4, -0.2) is 51.4 Å². The first-order valence-electron chi connectivity index (χ1n) is 9.08. The van der Waals surface area contributed by atoms with Gasteiger partial charge in [-0.05, 0) is 38.3 Å². The molecule has 0 saturated heterocycles. The molecule has 1 aromatic rings. The third-order valence-electron chi connectivity index (χ3n) is 4.28. The number of ether oxygens (including phenoxy) is 1. The second-order valence-electron chi connectivity index (χ2n) is 6.97. The molecule has 0 spiro atoms. The second-order valence-corrected chi connectivity index (χ2v) is 9.23. The minimum absolute atomic E-state index is 0.0643. The summed E-state index contributed by atoms with van der Waals surface area (Å²) in [4.78, 5) is 4.33. The number of halogens is 3. The predicted molar refractivity (Wildman–Crippen MR) is 102 cm³/mol. The lowest BCUT2D eigenvalue weighted by Crippen LogP contribution is -2.44. The molecule has 1 saturated carbocycles. The van der Waals surface area contributed by atoms with Crippen LogP contribution in [0.5, 0.6) is 5.75 Å². The van der Waals surface area contributed by atoms with Crippen molar-refractivity contribution in [3.05, 3.63) is 29.8 Å². The van der Waals surface area contributed by atoms with Crippen molar-refractivity contribution in [2.75, 3.05) is 18.6 Å². The summed E-state index contributed by atoms with van der Waals surface area (Å²) in [5.74, 6) is 0.279. The van der Waals surface area contributed by atoms with Crippen molar-refractivity contribution in [2.24, 2.45) is 4.99 Å². The van der Waals surface area contributed by atoms with Crippen molar-refractivity contribution in [3.8, 4) is 5.75 Å². The molecular formula is C18H26F3N3O3S. The highest BCUT2D eigenvalue weighted by atomic mass is 32.2. The van der Waals surface area contributed by atoms with Crippen LogP contribution in [0, 0.1) is 0 Å². The van der Waals surface area contributed by atoms with Gasteiger partial charge in [0.2, 0.25) is 0 Å². The standard InChI is InChI=1S/C18H26F3N3O3S/c1-4-22-17(23-12(2)9-10-28(3,25)26)24-15-11-14(15)13-7-5-6-8-16(13)27-18(19,20)21/h5-8,12,14-15H,4,9-11H2,1-3H3,(H2,22,23,24). The Labute approximate surface area is 163 Å². The lowest BCUT2D eigenvalue weighted by atomic mass is 10.1. The lowest BCUT2D eigenvalue weighted by molar-refractivity contribution is -0.274. The molecule has 1 aliphatic carbocycles. The molecule has 10 heteroatoms. The van der Waals surface area contributed by atoms with E-state index in [9.17, 15) is 21.6 Å². The average Bonchev–Trinajstić information content (AvgIpc) is 3.30. The number of benzene rings is 1. The number of alkyl halides is 3. The largest absolute Gasteiger partial charge is 0.573 e. The number of hydrogen-bond donors (Lipinski definition) is 2. The number of rotatable bonds is 8. The Morgan fingerprint density at radius 2 is 2.04 bits per heavy atom. The third kappa shape index (κ3) is 7.57. The third-order valence-corrected chi connectivity index (χ3v) is 5.26. The first-order valence-corrected chi connectivity index (χ1v) is 11.1. The molecule has 2 N–H and O–H groups in total. The number of guanidine groups is 1. The van der Waals surface area contributed by atoms with E-state index in [-0.39, 0.29) is 29.5 Å². The first kappa shape index (κ1) is 22.3. The molecule has 0 radical (unpaired) electrons.